The summed E-state index contributed by atoms with van der Waals surface area (Å²) < 4.78 is 44.3. The molecule has 0 aromatic heterocycles. The van der Waals surface area contributed by atoms with Crippen molar-refractivity contribution in [3.05, 3.63) is 66.0 Å². The number of sulfone groups is 1. The van der Waals surface area contributed by atoms with E-state index in [-0.39, 0.29) is 54.3 Å². The summed E-state index contributed by atoms with van der Waals surface area (Å²) in [6, 6.07) is 14.7. The van der Waals surface area contributed by atoms with Gasteiger partial charge in [0.1, 0.15) is 11.9 Å². The van der Waals surface area contributed by atoms with Crippen molar-refractivity contribution in [2.24, 2.45) is 4.99 Å². The third-order valence-electron chi connectivity index (χ3n) is 4.86. The molecule has 3 rings (SSSR count). The summed E-state index contributed by atoms with van der Waals surface area (Å²) in [5.41, 5.74) is 0.899. The molecule has 170 valence electrons. The predicted octanol–water partition coefficient (Wildman–Crippen LogP) is 3.64. The molecule has 1 heterocycles. The number of halogens is 2. The second-order valence-electron chi connectivity index (χ2n) is 7.26. The maximum atomic E-state index is 13.3. The van der Waals surface area contributed by atoms with Crippen molar-refractivity contribution in [1.82, 2.24) is 10.2 Å². The van der Waals surface area contributed by atoms with Crippen LogP contribution in [0.15, 0.2) is 64.5 Å². The van der Waals surface area contributed by atoms with E-state index in [0.29, 0.717) is 30.5 Å². The van der Waals surface area contributed by atoms with Gasteiger partial charge in [-0.15, -0.1) is 24.0 Å². The van der Waals surface area contributed by atoms with Gasteiger partial charge in [-0.3, -0.25) is 4.99 Å². The van der Waals surface area contributed by atoms with Crippen LogP contribution in [-0.2, 0) is 14.6 Å². The number of benzene rings is 2. The molecule has 0 radical (unpaired) electrons. The van der Waals surface area contributed by atoms with Gasteiger partial charge in [-0.05, 0) is 43.7 Å². The van der Waals surface area contributed by atoms with E-state index < -0.39 is 9.84 Å². The lowest BCUT2D eigenvalue weighted by Gasteiger charge is -2.38. The van der Waals surface area contributed by atoms with Crippen LogP contribution in [0.3, 0.4) is 0 Å². The van der Waals surface area contributed by atoms with Crippen molar-refractivity contribution in [1.29, 1.82) is 0 Å². The lowest BCUT2D eigenvalue weighted by atomic mass is 10.1. The molecule has 2 aromatic rings. The van der Waals surface area contributed by atoms with Crippen LogP contribution in [0.1, 0.15) is 25.5 Å². The second kappa shape index (κ2) is 11.8. The Balaban J connectivity index is 0.00000341. The normalized spacial score (nSPS) is 19.6. The third-order valence-corrected chi connectivity index (χ3v) is 6.57. The molecule has 31 heavy (non-hydrogen) atoms. The number of rotatable bonds is 6. The van der Waals surface area contributed by atoms with Crippen LogP contribution < -0.4 is 5.32 Å². The fourth-order valence-electron chi connectivity index (χ4n) is 3.43. The van der Waals surface area contributed by atoms with Gasteiger partial charge in [0.2, 0.25) is 0 Å². The topological polar surface area (TPSA) is 71.0 Å². The first-order chi connectivity index (χ1) is 14.4. The van der Waals surface area contributed by atoms with Crippen molar-refractivity contribution in [3.63, 3.8) is 0 Å². The quantitative estimate of drug-likeness (QED) is 0.332. The molecule has 1 aliphatic rings. The van der Waals surface area contributed by atoms with E-state index in [9.17, 15) is 12.8 Å². The number of morpholine rings is 1. The van der Waals surface area contributed by atoms with E-state index in [2.05, 4.69) is 15.2 Å². The van der Waals surface area contributed by atoms with Crippen molar-refractivity contribution in [2.45, 2.75) is 31.0 Å². The monoisotopic (exact) mass is 561 g/mol. The average molecular weight is 561 g/mol. The number of hydrogen-bond donors (Lipinski definition) is 1. The van der Waals surface area contributed by atoms with Gasteiger partial charge in [-0.1, -0.05) is 30.3 Å². The van der Waals surface area contributed by atoms with E-state index in [0.717, 1.165) is 5.56 Å². The number of ether oxygens (including phenoxy) is 1. The minimum absolute atomic E-state index is 0. The van der Waals surface area contributed by atoms with E-state index in [1.165, 1.54) is 12.1 Å². The fourth-order valence-corrected chi connectivity index (χ4v) is 4.57. The molecular weight excluding hydrogens is 532 g/mol. The zero-order chi connectivity index (χ0) is 21.6. The Morgan fingerprint density at radius 2 is 1.84 bits per heavy atom. The SMILES string of the molecule is CCNC(=NCCS(=O)(=O)c1ccccc1)N1CC(C)OC(c2ccc(F)cc2)C1.I. The van der Waals surface area contributed by atoms with E-state index in [1.807, 2.05) is 13.8 Å². The lowest BCUT2D eigenvalue weighted by molar-refractivity contribution is -0.0605. The molecule has 0 amide bonds. The maximum absolute atomic E-state index is 13.3. The molecule has 2 atom stereocenters. The van der Waals surface area contributed by atoms with Crippen LogP contribution >= 0.6 is 24.0 Å². The van der Waals surface area contributed by atoms with E-state index in [1.54, 1.807) is 42.5 Å². The molecular formula is C22H29FIN3O3S. The molecule has 1 N–H and O–H groups in total. The van der Waals surface area contributed by atoms with Crippen LogP contribution in [0.25, 0.3) is 0 Å². The van der Waals surface area contributed by atoms with Crippen LogP contribution in [0.2, 0.25) is 0 Å². The van der Waals surface area contributed by atoms with Crippen molar-refractivity contribution in [3.8, 4) is 0 Å². The summed E-state index contributed by atoms with van der Waals surface area (Å²) in [5, 5.41) is 3.25. The predicted molar refractivity (Wildman–Crippen MR) is 131 cm³/mol. The zero-order valence-corrected chi connectivity index (χ0v) is 20.8. The Hall–Kier alpha value is -1.72. The van der Waals surface area contributed by atoms with Crippen molar-refractivity contribution < 1.29 is 17.5 Å². The Bertz CT molecular complexity index is 956. The summed E-state index contributed by atoms with van der Waals surface area (Å²) in [4.78, 5) is 6.94. The van der Waals surface area contributed by atoms with Gasteiger partial charge in [-0.25, -0.2) is 12.8 Å². The maximum Gasteiger partial charge on any atom is 0.194 e. The number of nitrogens with zero attached hydrogens (tertiary/aromatic N) is 2. The van der Waals surface area contributed by atoms with E-state index >= 15 is 0 Å². The molecule has 0 bridgehead atoms. The number of nitrogens with one attached hydrogen (secondary N) is 1. The summed E-state index contributed by atoms with van der Waals surface area (Å²) in [5.74, 6) is 0.310. The summed E-state index contributed by atoms with van der Waals surface area (Å²) in [6.07, 6.45) is -0.267. The van der Waals surface area contributed by atoms with Crippen LogP contribution in [0.4, 0.5) is 4.39 Å². The minimum Gasteiger partial charge on any atom is -0.367 e. The Morgan fingerprint density at radius 3 is 2.48 bits per heavy atom. The van der Waals surface area contributed by atoms with Crippen molar-refractivity contribution >= 4 is 39.8 Å². The molecule has 2 unspecified atom stereocenters. The number of guanidine groups is 1. The van der Waals surface area contributed by atoms with Gasteiger partial charge in [0.15, 0.2) is 15.8 Å². The first kappa shape index (κ1) is 25.5. The molecule has 0 saturated carbocycles. The molecule has 9 heteroatoms. The average Bonchev–Trinajstić information content (AvgIpc) is 2.74. The first-order valence-corrected chi connectivity index (χ1v) is 11.8. The molecule has 6 nitrogen and oxygen atoms in total. The number of aliphatic imine (C=N–C) groups is 1. The van der Waals surface area contributed by atoms with Gasteiger partial charge in [-0.2, -0.15) is 0 Å². The first-order valence-electron chi connectivity index (χ1n) is 10.1. The molecule has 2 aromatic carbocycles. The highest BCUT2D eigenvalue weighted by molar-refractivity contribution is 14.0. The Kier molecular flexibility index (Phi) is 9.70. The zero-order valence-electron chi connectivity index (χ0n) is 17.7. The van der Waals surface area contributed by atoms with Gasteiger partial charge in [0.25, 0.3) is 0 Å². The molecule has 1 saturated heterocycles. The summed E-state index contributed by atoms with van der Waals surface area (Å²) in [6.45, 7) is 5.95. The second-order valence-corrected chi connectivity index (χ2v) is 9.37. The van der Waals surface area contributed by atoms with Crippen LogP contribution in [0.5, 0.6) is 0 Å². The lowest BCUT2D eigenvalue weighted by Crippen LogP contribution is -2.50. The summed E-state index contributed by atoms with van der Waals surface area (Å²) in [7, 11) is -3.38. The van der Waals surface area contributed by atoms with Crippen molar-refractivity contribution in [2.75, 3.05) is 31.9 Å². The van der Waals surface area contributed by atoms with E-state index in [4.69, 9.17) is 4.74 Å². The third kappa shape index (κ3) is 7.15. The Morgan fingerprint density at radius 1 is 1.16 bits per heavy atom. The molecule has 1 aliphatic heterocycles. The standard InChI is InChI=1S/C22H28FN3O3S.HI/c1-3-24-22(25-13-14-30(27,28)20-7-5-4-6-8-20)26-15-17(2)29-21(16-26)18-9-11-19(23)12-10-18;/h4-12,17,21H,3,13-16H2,1-2H3,(H,24,25);1H. The highest BCUT2D eigenvalue weighted by Gasteiger charge is 2.28. The summed E-state index contributed by atoms with van der Waals surface area (Å²) >= 11 is 0. The Labute approximate surface area is 200 Å². The largest absolute Gasteiger partial charge is 0.367 e. The van der Waals surface area contributed by atoms with Crippen LogP contribution in [-0.4, -0.2) is 57.3 Å². The molecule has 0 aliphatic carbocycles. The van der Waals surface area contributed by atoms with Gasteiger partial charge in [0.05, 0.1) is 29.8 Å². The highest BCUT2D eigenvalue weighted by Crippen LogP contribution is 2.25. The molecule has 0 spiro atoms. The number of hydrogen-bond acceptors (Lipinski definition) is 4. The highest BCUT2D eigenvalue weighted by atomic mass is 127. The minimum atomic E-state index is -3.38. The van der Waals surface area contributed by atoms with Gasteiger partial charge in [0, 0.05) is 13.1 Å². The van der Waals surface area contributed by atoms with Gasteiger partial charge < -0.3 is 15.0 Å². The fraction of sp³-hybridized carbons (Fsp3) is 0.409. The van der Waals surface area contributed by atoms with Crippen LogP contribution in [0, 0.1) is 5.82 Å². The molecule has 1 fully saturated rings. The van der Waals surface area contributed by atoms with Gasteiger partial charge >= 0.3 is 0 Å². The smallest absolute Gasteiger partial charge is 0.194 e.